The van der Waals surface area contributed by atoms with Crippen molar-refractivity contribution in [2.24, 2.45) is 0 Å². The number of aryl methyl sites for hydroxylation is 2. The van der Waals surface area contributed by atoms with Gasteiger partial charge in [0.15, 0.2) is 0 Å². The fraction of sp³-hybridized carbons (Fsp3) is 0.739. The van der Waals surface area contributed by atoms with Crippen LogP contribution in [0.1, 0.15) is 82.3 Å². The Kier molecular flexibility index (Phi) is 10.9. The Morgan fingerprint density at radius 3 is 2.52 bits per heavy atom. The van der Waals surface area contributed by atoms with E-state index in [4.69, 9.17) is 10.1 Å². The minimum absolute atomic E-state index is 0.674. The third-order valence-electron chi connectivity index (χ3n) is 5.31. The maximum atomic E-state index is 5.79. The number of hydrogen-bond donors (Lipinski definition) is 0. The van der Waals surface area contributed by atoms with Crippen LogP contribution in [0.4, 0.5) is 0 Å². The van der Waals surface area contributed by atoms with Crippen molar-refractivity contribution in [2.75, 3.05) is 19.8 Å². The highest BCUT2D eigenvalue weighted by Gasteiger charge is 2.12. The minimum atomic E-state index is 0.674. The smallest absolute Gasteiger partial charge is 0.0466 e. The van der Waals surface area contributed by atoms with E-state index < -0.39 is 0 Å². The summed E-state index contributed by atoms with van der Waals surface area (Å²) in [4.78, 5) is 0. The molecular weight excluding hydrogens is 306 g/mol. The first-order valence-corrected chi connectivity index (χ1v) is 10.7. The molecule has 1 aliphatic heterocycles. The van der Waals surface area contributed by atoms with E-state index in [1.165, 1.54) is 81.8 Å². The molecule has 0 amide bonds. The fourth-order valence-electron chi connectivity index (χ4n) is 3.67. The summed E-state index contributed by atoms with van der Waals surface area (Å²) in [6, 6.07) is 9.71. The van der Waals surface area contributed by atoms with Crippen molar-refractivity contribution in [2.45, 2.75) is 90.0 Å². The molecule has 0 aliphatic carbocycles. The molecule has 1 unspecified atom stereocenters. The van der Waals surface area contributed by atoms with Gasteiger partial charge in [0, 0.05) is 25.8 Å². The van der Waals surface area contributed by atoms with Crippen molar-refractivity contribution in [3.63, 3.8) is 0 Å². The van der Waals surface area contributed by atoms with Gasteiger partial charge < -0.3 is 4.74 Å². The lowest BCUT2D eigenvalue weighted by molar-refractivity contribution is 0.125. The molecule has 1 aromatic rings. The van der Waals surface area contributed by atoms with Gasteiger partial charge in [-0.15, -0.1) is 0 Å². The van der Waals surface area contributed by atoms with Crippen LogP contribution in [0.3, 0.4) is 0 Å². The van der Waals surface area contributed by atoms with Crippen molar-refractivity contribution >= 4 is 0 Å². The second-order valence-electron chi connectivity index (χ2n) is 7.50. The molecule has 1 fully saturated rings. The van der Waals surface area contributed by atoms with E-state index in [0.29, 0.717) is 6.04 Å². The van der Waals surface area contributed by atoms with Crippen LogP contribution in [0, 0.1) is 0 Å². The molecule has 0 saturated carbocycles. The van der Waals surface area contributed by atoms with E-state index in [-0.39, 0.29) is 0 Å². The summed E-state index contributed by atoms with van der Waals surface area (Å²) < 4.78 is 5.79. The van der Waals surface area contributed by atoms with E-state index >= 15 is 0 Å². The van der Waals surface area contributed by atoms with E-state index in [1.807, 2.05) is 0 Å². The van der Waals surface area contributed by atoms with Gasteiger partial charge in [0.2, 0.25) is 0 Å². The summed E-state index contributed by atoms with van der Waals surface area (Å²) in [6.07, 6.45) is 15.3. The van der Waals surface area contributed by atoms with Gasteiger partial charge in [-0.1, -0.05) is 56.9 Å². The topological polar surface area (TPSA) is 23.3 Å². The van der Waals surface area contributed by atoms with Crippen LogP contribution in [0.25, 0.3) is 0 Å². The number of nitrogens with zero attached hydrogens (tertiary/aromatic N) is 1. The second-order valence-corrected chi connectivity index (χ2v) is 7.50. The first-order chi connectivity index (χ1) is 12.4. The third kappa shape index (κ3) is 9.42. The molecule has 2 rings (SSSR count). The van der Waals surface area contributed by atoms with E-state index in [1.54, 1.807) is 0 Å². The average molecular weight is 345 g/mol. The Balaban J connectivity index is 1.35. The van der Waals surface area contributed by atoms with Gasteiger partial charge in [-0.05, 0) is 62.5 Å². The van der Waals surface area contributed by atoms with Crippen LogP contribution in [0.2, 0.25) is 0 Å². The Hall–Kier alpha value is -0.860. The molecule has 1 aliphatic rings. The SMILES string of the molecule is CCc1cccc(CCCCCOCCCCCC2CCCC[N]2)c1. The molecule has 2 heteroatoms. The Bertz CT molecular complexity index is 439. The lowest BCUT2D eigenvalue weighted by atomic mass is 9.99. The van der Waals surface area contributed by atoms with Gasteiger partial charge in [-0.3, -0.25) is 0 Å². The molecular formula is C23H38NO. The minimum Gasteiger partial charge on any atom is -0.381 e. The summed E-state index contributed by atoms with van der Waals surface area (Å²) in [6.45, 7) is 5.22. The van der Waals surface area contributed by atoms with Crippen LogP contribution >= 0.6 is 0 Å². The van der Waals surface area contributed by atoms with Gasteiger partial charge in [0.25, 0.3) is 0 Å². The van der Waals surface area contributed by atoms with Gasteiger partial charge in [0.05, 0.1) is 0 Å². The van der Waals surface area contributed by atoms with Crippen molar-refractivity contribution in [1.29, 1.82) is 0 Å². The van der Waals surface area contributed by atoms with Gasteiger partial charge in [-0.25, -0.2) is 5.32 Å². The van der Waals surface area contributed by atoms with Gasteiger partial charge >= 0.3 is 0 Å². The molecule has 0 spiro atoms. The predicted octanol–water partition coefficient (Wildman–Crippen LogP) is 5.70. The lowest BCUT2D eigenvalue weighted by Gasteiger charge is -2.21. The van der Waals surface area contributed by atoms with Crippen LogP contribution in [-0.4, -0.2) is 25.8 Å². The van der Waals surface area contributed by atoms with Crippen molar-refractivity contribution in [1.82, 2.24) is 5.32 Å². The highest BCUT2D eigenvalue weighted by Crippen LogP contribution is 2.15. The first kappa shape index (κ1) is 20.5. The maximum absolute atomic E-state index is 5.79. The number of unbranched alkanes of at least 4 members (excludes halogenated alkanes) is 4. The first-order valence-electron chi connectivity index (χ1n) is 10.7. The van der Waals surface area contributed by atoms with Crippen molar-refractivity contribution < 1.29 is 4.74 Å². The van der Waals surface area contributed by atoms with Crippen LogP contribution in [0.5, 0.6) is 0 Å². The monoisotopic (exact) mass is 344 g/mol. The lowest BCUT2D eigenvalue weighted by Crippen LogP contribution is -2.27. The zero-order valence-corrected chi connectivity index (χ0v) is 16.3. The normalized spacial score (nSPS) is 17.7. The standard InChI is InChI=1S/C23H38NO/c1-2-21-13-11-14-22(20-21)12-5-3-9-18-25-19-10-4-6-15-23-16-7-8-17-24-23/h11,13-14,20,23H,2-10,12,15-19H2,1H3. The largest absolute Gasteiger partial charge is 0.381 e. The molecule has 0 aromatic heterocycles. The van der Waals surface area contributed by atoms with Crippen molar-refractivity contribution in [3.05, 3.63) is 35.4 Å². The Morgan fingerprint density at radius 1 is 0.960 bits per heavy atom. The average Bonchev–Trinajstić information content (AvgIpc) is 2.67. The predicted molar refractivity (Wildman–Crippen MR) is 107 cm³/mol. The highest BCUT2D eigenvalue weighted by atomic mass is 16.5. The molecule has 1 heterocycles. The quantitative estimate of drug-likeness (QED) is 0.421. The summed E-state index contributed by atoms with van der Waals surface area (Å²) in [5, 5.41) is 4.71. The Morgan fingerprint density at radius 2 is 1.76 bits per heavy atom. The molecule has 25 heavy (non-hydrogen) atoms. The number of ether oxygens (including phenoxy) is 1. The zero-order valence-electron chi connectivity index (χ0n) is 16.3. The zero-order chi connectivity index (χ0) is 17.6. The molecule has 141 valence electrons. The molecule has 0 bridgehead atoms. The molecule has 1 aromatic carbocycles. The summed E-state index contributed by atoms with van der Waals surface area (Å²) in [5.41, 5.74) is 2.95. The number of hydrogen-bond acceptors (Lipinski definition) is 1. The number of rotatable bonds is 13. The van der Waals surface area contributed by atoms with E-state index in [9.17, 15) is 0 Å². The van der Waals surface area contributed by atoms with Crippen LogP contribution in [-0.2, 0) is 17.6 Å². The van der Waals surface area contributed by atoms with Gasteiger partial charge in [0.1, 0.15) is 0 Å². The highest BCUT2D eigenvalue weighted by molar-refractivity contribution is 5.23. The van der Waals surface area contributed by atoms with E-state index in [0.717, 1.165) is 26.2 Å². The van der Waals surface area contributed by atoms with Crippen LogP contribution < -0.4 is 5.32 Å². The Labute approximate surface area is 155 Å². The van der Waals surface area contributed by atoms with E-state index in [2.05, 4.69) is 31.2 Å². The molecule has 1 radical (unpaired) electrons. The second kappa shape index (κ2) is 13.4. The molecule has 2 nitrogen and oxygen atoms in total. The summed E-state index contributed by atoms with van der Waals surface area (Å²) >= 11 is 0. The maximum Gasteiger partial charge on any atom is 0.0466 e. The third-order valence-corrected chi connectivity index (χ3v) is 5.31. The summed E-state index contributed by atoms with van der Waals surface area (Å²) in [7, 11) is 0. The summed E-state index contributed by atoms with van der Waals surface area (Å²) in [5.74, 6) is 0. The number of piperidine rings is 1. The number of benzene rings is 1. The van der Waals surface area contributed by atoms with Crippen molar-refractivity contribution in [3.8, 4) is 0 Å². The molecule has 1 saturated heterocycles. The fourth-order valence-corrected chi connectivity index (χ4v) is 3.67. The van der Waals surface area contributed by atoms with Gasteiger partial charge in [-0.2, -0.15) is 0 Å². The molecule has 1 atom stereocenters. The molecule has 0 N–H and O–H groups in total. The van der Waals surface area contributed by atoms with Crippen LogP contribution in [0.15, 0.2) is 24.3 Å².